The zero-order valence-corrected chi connectivity index (χ0v) is 12.0. The first-order valence-electron chi connectivity index (χ1n) is 6.70. The van der Waals surface area contributed by atoms with Gasteiger partial charge in [-0.15, -0.1) is 11.8 Å². The van der Waals surface area contributed by atoms with Gasteiger partial charge in [-0.2, -0.15) is 5.26 Å². The van der Waals surface area contributed by atoms with Gasteiger partial charge in [0.1, 0.15) is 0 Å². The molecule has 1 fully saturated rings. The van der Waals surface area contributed by atoms with Crippen LogP contribution in [-0.2, 0) is 0 Å². The maximum Gasteiger partial charge on any atom is 0.0968 e. The van der Waals surface area contributed by atoms with Crippen LogP contribution in [0.25, 0.3) is 0 Å². The second kappa shape index (κ2) is 6.24. The van der Waals surface area contributed by atoms with Crippen LogP contribution in [0.15, 0.2) is 17.2 Å². The Kier molecular flexibility index (Phi) is 4.66. The van der Waals surface area contributed by atoms with Gasteiger partial charge >= 0.3 is 0 Å². The summed E-state index contributed by atoms with van der Waals surface area (Å²) in [7, 11) is 0. The molecule has 0 aliphatic heterocycles. The fourth-order valence-corrected chi connectivity index (χ4v) is 3.99. The van der Waals surface area contributed by atoms with Crippen molar-refractivity contribution in [1.29, 1.82) is 5.26 Å². The SMILES string of the molecule is Cc1cc(C)nc(SC2CCCCCC2C#N)c1. The minimum Gasteiger partial charge on any atom is -0.247 e. The van der Waals surface area contributed by atoms with Crippen LogP contribution in [0.1, 0.15) is 43.4 Å². The summed E-state index contributed by atoms with van der Waals surface area (Å²) in [5.74, 6) is 0.195. The number of aromatic nitrogens is 1. The Labute approximate surface area is 114 Å². The number of nitrogens with zero attached hydrogens (tertiary/aromatic N) is 2. The average Bonchev–Trinajstić information content (AvgIpc) is 2.52. The van der Waals surface area contributed by atoms with E-state index < -0.39 is 0 Å². The molecule has 1 aliphatic rings. The molecule has 0 N–H and O–H groups in total. The standard InChI is InChI=1S/C15H20N2S/c1-11-8-12(2)17-15(9-11)18-14-7-5-3-4-6-13(14)10-16/h8-9,13-14H,3-7H2,1-2H3. The Balaban J connectivity index is 2.13. The van der Waals surface area contributed by atoms with Gasteiger partial charge < -0.3 is 0 Å². The summed E-state index contributed by atoms with van der Waals surface area (Å²) in [6.07, 6.45) is 5.93. The number of hydrogen-bond donors (Lipinski definition) is 0. The van der Waals surface area contributed by atoms with Crippen molar-refractivity contribution in [2.45, 2.75) is 56.2 Å². The molecular formula is C15H20N2S. The van der Waals surface area contributed by atoms with Gasteiger partial charge in [-0.05, 0) is 44.4 Å². The lowest BCUT2D eigenvalue weighted by Gasteiger charge is -2.18. The summed E-state index contributed by atoms with van der Waals surface area (Å²) >= 11 is 1.81. The van der Waals surface area contributed by atoms with E-state index in [1.807, 2.05) is 6.92 Å². The van der Waals surface area contributed by atoms with Crippen molar-refractivity contribution in [3.8, 4) is 6.07 Å². The maximum atomic E-state index is 9.29. The summed E-state index contributed by atoms with van der Waals surface area (Å²) in [5, 5.41) is 10.8. The highest BCUT2D eigenvalue weighted by Crippen LogP contribution is 2.35. The first kappa shape index (κ1) is 13.4. The van der Waals surface area contributed by atoms with Crippen LogP contribution in [0, 0.1) is 31.1 Å². The summed E-state index contributed by atoms with van der Waals surface area (Å²) in [6, 6.07) is 6.73. The van der Waals surface area contributed by atoms with Crippen LogP contribution in [0.5, 0.6) is 0 Å². The number of nitriles is 1. The van der Waals surface area contributed by atoms with Gasteiger partial charge in [0.25, 0.3) is 0 Å². The zero-order valence-electron chi connectivity index (χ0n) is 11.1. The predicted molar refractivity (Wildman–Crippen MR) is 75.5 cm³/mol. The first-order chi connectivity index (χ1) is 8.69. The van der Waals surface area contributed by atoms with Crippen molar-refractivity contribution in [3.05, 3.63) is 23.4 Å². The second-order valence-corrected chi connectivity index (χ2v) is 6.41. The molecular weight excluding hydrogens is 240 g/mol. The van der Waals surface area contributed by atoms with Gasteiger partial charge in [0.05, 0.1) is 17.0 Å². The smallest absolute Gasteiger partial charge is 0.0968 e. The quantitative estimate of drug-likeness (QED) is 0.745. The Morgan fingerprint density at radius 2 is 2.00 bits per heavy atom. The highest BCUT2D eigenvalue weighted by Gasteiger charge is 2.24. The predicted octanol–water partition coefficient (Wildman–Crippen LogP) is 4.26. The Bertz CT molecular complexity index is 430. The molecule has 0 bridgehead atoms. The Morgan fingerprint density at radius 3 is 2.72 bits per heavy atom. The topological polar surface area (TPSA) is 36.7 Å². The van der Waals surface area contributed by atoms with E-state index in [4.69, 9.17) is 0 Å². The van der Waals surface area contributed by atoms with E-state index in [0.717, 1.165) is 23.6 Å². The fourth-order valence-electron chi connectivity index (χ4n) is 2.58. The third-order valence-electron chi connectivity index (χ3n) is 3.46. The van der Waals surface area contributed by atoms with Crippen molar-refractivity contribution >= 4 is 11.8 Å². The molecule has 96 valence electrons. The lowest BCUT2D eigenvalue weighted by Crippen LogP contribution is -2.14. The van der Waals surface area contributed by atoms with E-state index in [2.05, 4.69) is 30.1 Å². The van der Waals surface area contributed by atoms with Crippen LogP contribution >= 0.6 is 11.8 Å². The van der Waals surface area contributed by atoms with Crippen molar-refractivity contribution in [2.24, 2.45) is 5.92 Å². The number of rotatable bonds is 2. The molecule has 2 atom stereocenters. The summed E-state index contributed by atoms with van der Waals surface area (Å²) in [4.78, 5) is 4.58. The van der Waals surface area contributed by atoms with Crippen LogP contribution in [0.3, 0.4) is 0 Å². The average molecular weight is 260 g/mol. The van der Waals surface area contributed by atoms with E-state index in [1.165, 1.54) is 24.8 Å². The number of hydrogen-bond acceptors (Lipinski definition) is 3. The fraction of sp³-hybridized carbons (Fsp3) is 0.600. The lowest BCUT2D eigenvalue weighted by atomic mass is 10.0. The van der Waals surface area contributed by atoms with E-state index >= 15 is 0 Å². The molecule has 0 amide bonds. The second-order valence-electron chi connectivity index (χ2n) is 5.15. The third kappa shape index (κ3) is 3.49. The van der Waals surface area contributed by atoms with E-state index in [1.54, 1.807) is 11.8 Å². The molecule has 0 saturated heterocycles. The minimum atomic E-state index is 0.195. The van der Waals surface area contributed by atoms with Gasteiger partial charge in [0.15, 0.2) is 0 Å². The molecule has 0 aromatic carbocycles. The molecule has 1 aromatic heterocycles. The van der Waals surface area contributed by atoms with E-state index in [0.29, 0.717) is 5.25 Å². The molecule has 1 saturated carbocycles. The van der Waals surface area contributed by atoms with Crippen molar-refractivity contribution in [2.75, 3.05) is 0 Å². The summed E-state index contributed by atoms with van der Waals surface area (Å²) in [6.45, 7) is 4.14. The molecule has 0 spiro atoms. The number of thioether (sulfide) groups is 1. The Morgan fingerprint density at radius 1 is 1.22 bits per heavy atom. The lowest BCUT2D eigenvalue weighted by molar-refractivity contribution is 0.584. The molecule has 1 heterocycles. The van der Waals surface area contributed by atoms with Crippen LogP contribution in [-0.4, -0.2) is 10.2 Å². The van der Waals surface area contributed by atoms with Gasteiger partial charge in [-0.1, -0.05) is 19.3 Å². The largest absolute Gasteiger partial charge is 0.247 e. The molecule has 2 nitrogen and oxygen atoms in total. The molecule has 3 heteroatoms. The third-order valence-corrected chi connectivity index (χ3v) is 4.78. The monoisotopic (exact) mass is 260 g/mol. The van der Waals surface area contributed by atoms with Crippen molar-refractivity contribution in [3.63, 3.8) is 0 Å². The van der Waals surface area contributed by atoms with Gasteiger partial charge in [-0.3, -0.25) is 0 Å². The van der Waals surface area contributed by atoms with Gasteiger partial charge in [0.2, 0.25) is 0 Å². The molecule has 1 aromatic rings. The summed E-state index contributed by atoms with van der Waals surface area (Å²) < 4.78 is 0. The molecule has 1 aliphatic carbocycles. The highest BCUT2D eigenvalue weighted by molar-refractivity contribution is 7.99. The van der Waals surface area contributed by atoms with E-state index in [9.17, 15) is 5.26 Å². The number of aryl methyl sites for hydroxylation is 2. The molecule has 0 radical (unpaired) electrons. The Hall–Kier alpha value is -1.01. The van der Waals surface area contributed by atoms with Crippen LogP contribution in [0.2, 0.25) is 0 Å². The maximum absolute atomic E-state index is 9.29. The van der Waals surface area contributed by atoms with Gasteiger partial charge in [0, 0.05) is 10.9 Å². The normalized spacial score (nSPS) is 24.3. The molecule has 18 heavy (non-hydrogen) atoms. The van der Waals surface area contributed by atoms with Crippen LogP contribution in [0.4, 0.5) is 0 Å². The van der Waals surface area contributed by atoms with Crippen LogP contribution < -0.4 is 0 Å². The summed E-state index contributed by atoms with van der Waals surface area (Å²) in [5.41, 5.74) is 2.33. The van der Waals surface area contributed by atoms with Crippen molar-refractivity contribution in [1.82, 2.24) is 4.98 Å². The van der Waals surface area contributed by atoms with Crippen molar-refractivity contribution < 1.29 is 0 Å². The minimum absolute atomic E-state index is 0.195. The van der Waals surface area contributed by atoms with Gasteiger partial charge in [-0.25, -0.2) is 4.98 Å². The zero-order chi connectivity index (χ0) is 13.0. The number of pyridine rings is 1. The van der Waals surface area contributed by atoms with E-state index in [-0.39, 0.29) is 5.92 Å². The molecule has 2 unspecified atom stereocenters. The molecule has 2 rings (SSSR count). The highest BCUT2D eigenvalue weighted by atomic mass is 32.2. The first-order valence-corrected chi connectivity index (χ1v) is 7.58.